The molecule has 0 bridgehead atoms. The Morgan fingerprint density at radius 3 is 2.53 bits per heavy atom. The molecule has 1 aliphatic carbocycles. The maximum atomic E-state index is 13.3. The van der Waals surface area contributed by atoms with Crippen molar-refractivity contribution in [2.45, 2.75) is 32.1 Å². The second-order valence-corrected chi connectivity index (χ2v) is 10.7. The first-order valence-electron chi connectivity index (χ1n) is 11.6. The van der Waals surface area contributed by atoms with Crippen LogP contribution < -0.4 is 5.73 Å². The zero-order chi connectivity index (χ0) is 23.9. The Morgan fingerprint density at radius 1 is 1.03 bits per heavy atom. The Labute approximate surface area is 209 Å². The first-order chi connectivity index (χ1) is 16.3. The van der Waals surface area contributed by atoms with Gasteiger partial charge in [0.1, 0.15) is 5.82 Å². The second-order valence-electron chi connectivity index (χ2n) is 9.85. The van der Waals surface area contributed by atoms with E-state index in [2.05, 4.69) is 6.07 Å². The van der Waals surface area contributed by atoms with Crippen LogP contribution in [0.15, 0.2) is 66.7 Å². The fourth-order valence-corrected chi connectivity index (χ4v) is 6.22. The Kier molecular flexibility index (Phi) is 6.07. The number of hydrogen-bond acceptors (Lipinski definition) is 2. The van der Waals surface area contributed by atoms with Crippen LogP contribution in [-0.2, 0) is 12.8 Å². The van der Waals surface area contributed by atoms with E-state index in [1.54, 1.807) is 12.1 Å². The Morgan fingerprint density at radius 2 is 1.79 bits per heavy atom. The Balaban J connectivity index is 1.37. The third-order valence-corrected chi connectivity index (χ3v) is 8.55. The van der Waals surface area contributed by atoms with Gasteiger partial charge in [-0.05, 0) is 96.5 Å². The highest BCUT2D eigenvalue weighted by Crippen LogP contribution is 2.71. The number of nitrogen functional groups attached to an aromatic ring is 1. The fraction of sp³-hybridized carbons (Fsp3) is 0.321. The zero-order valence-electron chi connectivity index (χ0n) is 18.9. The predicted molar refractivity (Wildman–Crippen MR) is 136 cm³/mol. The third-order valence-electron chi connectivity index (χ3n) is 7.85. The van der Waals surface area contributed by atoms with Crippen molar-refractivity contribution in [2.24, 2.45) is 10.8 Å². The minimum Gasteiger partial charge on any atom is -0.398 e. The van der Waals surface area contributed by atoms with E-state index in [0.717, 1.165) is 54.8 Å². The fourth-order valence-electron chi connectivity index (χ4n) is 5.81. The van der Waals surface area contributed by atoms with Gasteiger partial charge in [0.2, 0.25) is 0 Å². The first-order valence-corrected chi connectivity index (χ1v) is 12.4. The van der Waals surface area contributed by atoms with Gasteiger partial charge in [0, 0.05) is 23.7 Å². The summed E-state index contributed by atoms with van der Waals surface area (Å²) in [6.45, 7) is 1.43. The molecule has 2 N–H and O–H groups in total. The molecule has 3 nitrogen and oxygen atoms in total. The number of carbonyl (C=O) groups excluding carboxylic acids is 1. The maximum Gasteiger partial charge on any atom is 0.253 e. The van der Waals surface area contributed by atoms with Gasteiger partial charge in [-0.25, -0.2) is 4.39 Å². The van der Waals surface area contributed by atoms with Gasteiger partial charge in [-0.1, -0.05) is 47.5 Å². The van der Waals surface area contributed by atoms with Crippen LogP contribution in [0.2, 0.25) is 10.0 Å². The summed E-state index contributed by atoms with van der Waals surface area (Å²) in [5.41, 5.74) is 9.46. The van der Waals surface area contributed by atoms with E-state index < -0.39 is 0 Å². The van der Waals surface area contributed by atoms with Crippen LogP contribution in [0, 0.1) is 16.6 Å². The third kappa shape index (κ3) is 4.30. The van der Waals surface area contributed by atoms with Gasteiger partial charge in [0.05, 0.1) is 10.7 Å². The van der Waals surface area contributed by atoms with Gasteiger partial charge in [0.15, 0.2) is 0 Å². The molecule has 0 radical (unpaired) electrons. The molecule has 3 aromatic carbocycles. The quantitative estimate of drug-likeness (QED) is 0.380. The molecule has 6 heteroatoms. The number of halogens is 3. The van der Waals surface area contributed by atoms with Gasteiger partial charge in [0.25, 0.3) is 5.91 Å². The largest absolute Gasteiger partial charge is 0.398 e. The molecular weight excluding hydrogens is 470 g/mol. The van der Waals surface area contributed by atoms with Crippen LogP contribution in [0.25, 0.3) is 0 Å². The lowest BCUT2D eigenvalue weighted by molar-refractivity contribution is 0.0780. The lowest BCUT2D eigenvalue weighted by Gasteiger charge is -2.24. The first kappa shape index (κ1) is 23.2. The summed E-state index contributed by atoms with van der Waals surface area (Å²) >= 11 is 12.8. The molecular formula is C28H27Cl2FN2O. The Bertz CT molecular complexity index is 1230. The van der Waals surface area contributed by atoms with Crippen molar-refractivity contribution < 1.29 is 9.18 Å². The van der Waals surface area contributed by atoms with Crippen LogP contribution in [0.1, 0.15) is 40.7 Å². The van der Waals surface area contributed by atoms with Crippen molar-refractivity contribution in [3.63, 3.8) is 0 Å². The van der Waals surface area contributed by atoms with Gasteiger partial charge in [-0.15, -0.1) is 0 Å². The average molecular weight is 497 g/mol. The summed E-state index contributed by atoms with van der Waals surface area (Å²) in [6.07, 6.45) is 4.77. The number of anilines is 1. The van der Waals surface area contributed by atoms with Crippen molar-refractivity contribution in [2.75, 3.05) is 18.8 Å². The number of likely N-dealkylation sites (tertiary alicyclic amines) is 1. The summed E-state index contributed by atoms with van der Waals surface area (Å²) in [5.74, 6) is -0.362. The van der Waals surface area contributed by atoms with Gasteiger partial charge in [-0.2, -0.15) is 0 Å². The molecule has 1 saturated carbocycles. The van der Waals surface area contributed by atoms with Gasteiger partial charge in [-0.3, -0.25) is 4.79 Å². The van der Waals surface area contributed by atoms with Crippen LogP contribution in [0.3, 0.4) is 0 Å². The summed E-state index contributed by atoms with van der Waals surface area (Å²) in [4.78, 5) is 15.0. The van der Waals surface area contributed by atoms with Gasteiger partial charge < -0.3 is 10.6 Å². The number of benzene rings is 3. The monoisotopic (exact) mass is 496 g/mol. The molecule has 1 spiro atoms. The van der Waals surface area contributed by atoms with E-state index in [1.807, 2.05) is 41.3 Å². The van der Waals surface area contributed by atoms with E-state index in [1.165, 1.54) is 12.1 Å². The molecule has 5 rings (SSSR count). The SMILES string of the molecule is Nc1ccc(CC[C@@]2(Cc3ccccc3Cl)C[C@]23CCN(C(=O)c2ccc(F)cc2)C3)cc1Cl. The van der Waals surface area contributed by atoms with Crippen LogP contribution in [0.5, 0.6) is 0 Å². The molecule has 2 aliphatic rings. The van der Waals surface area contributed by atoms with Gasteiger partial charge >= 0.3 is 0 Å². The molecule has 1 saturated heterocycles. The van der Waals surface area contributed by atoms with Crippen molar-refractivity contribution in [1.82, 2.24) is 4.90 Å². The predicted octanol–water partition coefficient (Wildman–Crippen LogP) is 6.81. The van der Waals surface area contributed by atoms with E-state index in [4.69, 9.17) is 28.9 Å². The smallest absolute Gasteiger partial charge is 0.253 e. The second kappa shape index (κ2) is 8.90. The molecule has 2 atom stereocenters. The summed E-state index contributed by atoms with van der Waals surface area (Å²) < 4.78 is 13.3. The average Bonchev–Trinajstić information content (AvgIpc) is 3.20. The zero-order valence-corrected chi connectivity index (χ0v) is 20.4. The number of hydrogen-bond donors (Lipinski definition) is 1. The number of carbonyl (C=O) groups is 1. The van der Waals surface area contributed by atoms with E-state index in [0.29, 0.717) is 22.8 Å². The van der Waals surface area contributed by atoms with Crippen molar-refractivity contribution in [3.05, 3.63) is 99.3 Å². The number of nitrogens with two attached hydrogens (primary N) is 1. The number of rotatable bonds is 6. The minimum absolute atomic E-state index is 0.0271. The highest BCUT2D eigenvalue weighted by molar-refractivity contribution is 6.33. The van der Waals surface area contributed by atoms with Crippen LogP contribution in [0.4, 0.5) is 10.1 Å². The molecule has 176 valence electrons. The lowest BCUT2D eigenvalue weighted by atomic mass is 9.81. The Hall–Kier alpha value is -2.56. The molecule has 0 unspecified atom stereocenters. The summed E-state index contributed by atoms with van der Waals surface area (Å²) in [6, 6.07) is 19.7. The van der Waals surface area contributed by atoms with Crippen molar-refractivity contribution in [3.8, 4) is 0 Å². The lowest BCUT2D eigenvalue weighted by Crippen LogP contribution is -2.30. The highest BCUT2D eigenvalue weighted by atomic mass is 35.5. The maximum absolute atomic E-state index is 13.3. The number of nitrogens with zero attached hydrogens (tertiary/aromatic N) is 1. The molecule has 1 amide bonds. The molecule has 1 heterocycles. The van der Waals surface area contributed by atoms with E-state index in [9.17, 15) is 9.18 Å². The molecule has 0 aromatic heterocycles. The van der Waals surface area contributed by atoms with Crippen LogP contribution >= 0.6 is 23.2 Å². The minimum atomic E-state index is -0.335. The van der Waals surface area contributed by atoms with Crippen LogP contribution in [-0.4, -0.2) is 23.9 Å². The molecule has 34 heavy (non-hydrogen) atoms. The highest BCUT2D eigenvalue weighted by Gasteiger charge is 2.68. The summed E-state index contributed by atoms with van der Waals surface area (Å²) in [7, 11) is 0. The molecule has 3 aromatic rings. The molecule has 2 fully saturated rings. The van der Waals surface area contributed by atoms with E-state index >= 15 is 0 Å². The van der Waals surface area contributed by atoms with E-state index in [-0.39, 0.29) is 22.6 Å². The number of aryl methyl sites for hydroxylation is 1. The summed E-state index contributed by atoms with van der Waals surface area (Å²) in [5, 5.41) is 1.37. The van der Waals surface area contributed by atoms with Crippen molar-refractivity contribution >= 4 is 34.8 Å². The van der Waals surface area contributed by atoms with Crippen molar-refractivity contribution in [1.29, 1.82) is 0 Å². The molecule has 1 aliphatic heterocycles. The normalized spacial score (nSPS) is 23.4. The topological polar surface area (TPSA) is 46.3 Å². The standard InChI is InChI=1S/C28H27Cl2FN2O/c29-23-4-2-1-3-21(23)16-27(12-11-19-5-10-25(32)24(30)15-19)17-28(27)13-14-33(18-28)26(34)20-6-8-22(31)9-7-20/h1-10,15H,11-14,16-18,32H2/t27-,28+/m1/s1. The number of amides is 1.